The highest BCUT2D eigenvalue weighted by atomic mass is 19.1. The van der Waals surface area contributed by atoms with Gasteiger partial charge in [-0.05, 0) is 43.0 Å². The number of imide groups is 1. The van der Waals surface area contributed by atoms with Gasteiger partial charge in [-0.2, -0.15) is 0 Å². The van der Waals surface area contributed by atoms with Crippen LogP contribution in [-0.2, 0) is 11.3 Å². The molecule has 4 rings (SSSR count). The largest absolute Gasteiger partial charge is 0.336 e. The lowest BCUT2D eigenvalue weighted by Gasteiger charge is -2.38. The van der Waals surface area contributed by atoms with Crippen LogP contribution in [0.3, 0.4) is 0 Å². The minimum Gasteiger partial charge on any atom is -0.336 e. The van der Waals surface area contributed by atoms with Gasteiger partial charge < -0.3 is 10.2 Å². The number of nitrogens with zero attached hydrogens (tertiary/aromatic N) is 2. The molecule has 2 aliphatic rings. The normalized spacial score (nSPS) is 21.6. The van der Waals surface area contributed by atoms with E-state index in [1.165, 1.54) is 15.9 Å². The fraction of sp³-hybridized carbons (Fsp3) is 0.318. The van der Waals surface area contributed by atoms with Crippen LogP contribution in [0.1, 0.15) is 34.3 Å². The van der Waals surface area contributed by atoms with E-state index in [0.29, 0.717) is 24.9 Å². The quantitative estimate of drug-likeness (QED) is 0.813. The number of amides is 4. The highest BCUT2D eigenvalue weighted by Crippen LogP contribution is 2.30. The molecule has 2 heterocycles. The maximum absolute atomic E-state index is 13.9. The molecule has 29 heavy (non-hydrogen) atoms. The van der Waals surface area contributed by atoms with E-state index in [-0.39, 0.29) is 30.5 Å². The molecule has 7 heteroatoms. The van der Waals surface area contributed by atoms with Crippen molar-refractivity contribution in [2.24, 2.45) is 0 Å². The van der Waals surface area contributed by atoms with Gasteiger partial charge in [0.25, 0.3) is 11.8 Å². The molecule has 2 saturated heterocycles. The SMILES string of the molecule is Cc1ccc(C(=O)N2CCCC3(C2)NC(=O)N(Cc2ccccc2)C3=O)cc1F. The molecule has 2 aliphatic heterocycles. The lowest BCUT2D eigenvalue weighted by atomic mass is 9.88. The number of aryl methyl sites for hydroxylation is 1. The minimum atomic E-state index is -1.12. The Bertz CT molecular complexity index is 979. The highest BCUT2D eigenvalue weighted by molar-refractivity contribution is 6.07. The monoisotopic (exact) mass is 395 g/mol. The zero-order valence-electron chi connectivity index (χ0n) is 16.2. The number of likely N-dealkylation sites (tertiary alicyclic amines) is 1. The highest BCUT2D eigenvalue weighted by Gasteiger charge is 2.53. The third-order valence-electron chi connectivity index (χ3n) is 5.63. The fourth-order valence-corrected chi connectivity index (χ4v) is 4.00. The van der Waals surface area contributed by atoms with Crippen LogP contribution in [0.25, 0.3) is 0 Å². The summed E-state index contributed by atoms with van der Waals surface area (Å²) in [6.07, 6.45) is 1.04. The first-order valence-electron chi connectivity index (χ1n) is 9.63. The van der Waals surface area contributed by atoms with Crippen molar-refractivity contribution in [3.63, 3.8) is 0 Å². The topological polar surface area (TPSA) is 69.7 Å². The van der Waals surface area contributed by atoms with Gasteiger partial charge in [0.2, 0.25) is 0 Å². The average Bonchev–Trinajstić information content (AvgIpc) is 2.94. The molecule has 0 aliphatic carbocycles. The van der Waals surface area contributed by atoms with E-state index in [4.69, 9.17) is 0 Å². The second-order valence-electron chi connectivity index (χ2n) is 7.68. The Kier molecular flexibility index (Phi) is 4.82. The Morgan fingerprint density at radius 2 is 1.93 bits per heavy atom. The zero-order chi connectivity index (χ0) is 20.6. The molecule has 0 bridgehead atoms. The van der Waals surface area contributed by atoms with Crippen LogP contribution in [0.5, 0.6) is 0 Å². The summed E-state index contributed by atoms with van der Waals surface area (Å²) in [5.41, 5.74) is 0.435. The number of urea groups is 1. The van der Waals surface area contributed by atoms with Crippen molar-refractivity contribution in [1.82, 2.24) is 15.1 Å². The summed E-state index contributed by atoms with van der Waals surface area (Å²) in [5.74, 6) is -1.10. The molecule has 1 unspecified atom stereocenters. The van der Waals surface area contributed by atoms with Gasteiger partial charge in [0, 0.05) is 12.1 Å². The predicted octanol–water partition coefficient (Wildman–Crippen LogP) is 2.86. The molecule has 0 radical (unpaired) electrons. The van der Waals surface area contributed by atoms with E-state index >= 15 is 0 Å². The Morgan fingerprint density at radius 3 is 2.66 bits per heavy atom. The van der Waals surface area contributed by atoms with Gasteiger partial charge in [-0.15, -0.1) is 0 Å². The first-order valence-corrected chi connectivity index (χ1v) is 9.63. The molecule has 150 valence electrons. The van der Waals surface area contributed by atoms with E-state index in [1.54, 1.807) is 19.1 Å². The maximum atomic E-state index is 13.9. The number of halogens is 1. The standard InChI is InChI=1S/C22H22FN3O3/c1-15-8-9-17(12-18(15)23)19(27)25-11-5-10-22(14-25)20(28)26(21(29)24-22)13-16-6-3-2-4-7-16/h2-4,6-9,12H,5,10-11,13-14H2,1H3,(H,24,29). The summed E-state index contributed by atoms with van der Waals surface area (Å²) in [5, 5.41) is 2.82. The minimum absolute atomic E-state index is 0.0805. The van der Waals surface area contributed by atoms with Gasteiger partial charge in [0.05, 0.1) is 13.1 Å². The number of carbonyl (C=O) groups is 3. The Morgan fingerprint density at radius 1 is 1.17 bits per heavy atom. The van der Waals surface area contributed by atoms with Crippen LogP contribution in [0.2, 0.25) is 0 Å². The average molecular weight is 395 g/mol. The first kappa shape index (κ1) is 19.1. The van der Waals surface area contributed by atoms with E-state index in [2.05, 4.69) is 5.32 Å². The molecule has 4 amide bonds. The van der Waals surface area contributed by atoms with E-state index < -0.39 is 17.4 Å². The number of rotatable bonds is 3. The van der Waals surface area contributed by atoms with E-state index in [0.717, 1.165) is 5.56 Å². The second kappa shape index (κ2) is 7.31. The van der Waals surface area contributed by atoms with Crippen molar-refractivity contribution in [3.05, 3.63) is 71.0 Å². The molecule has 1 N–H and O–H groups in total. The molecule has 0 aromatic heterocycles. The molecule has 1 spiro atoms. The fourth-order valence-electron chi connectivity index (χ4n) is 4.00. The van der Waals surface area contributed by atoms with Gasteiger partial charge >= 0.3 is 6.03 Å². The van der Waals surface area contributed by atoms with Crippen LogP contribution < -0.4 is 5.32 Å². The Hall–Kier alpha value is -3.22. The van der Waals surface area contributed by atoms with Crippen LogP contribution >= 0.6 is 0 Å². The predicted molar refractivity (Wildman–Crippen MR) is 105 cm³/mol. The Balaban J connectivity index is 1.53. The lowest BCUT2D eigenvalue weighted by molar-refractivity contribution is -0.133. The second-order valence-corrected chi connectivity index (χ2v) is 7.68. The lowest BCUT2D eigenvalue weighted by Crippen LogP contribution is -2.59. The van der Waals surface area contributed by atoms with Crippen LogP contribution in [0.15, 0.2) is 48.5 Å². The van der Waals surface area contributed by atoms with Gasteiger partial charge in [0.1, 0.15) is 11.4 Å². The van der Waals surface area contributed by atoms with E-state index in [1.807, 2.05) is 30.3 Å². The third kappa shape index (κ3) is 3.48. The van der Waals surface area contributed by atoms with Gasteiger partial charge in [0.15, 0.2) is 0 Å². The van der Waals surface area contributed by atoms with Gasteiger partial charge in [-0.25, -0.2) is 9.18 Å². The first-order chi connectivity index (χ1) is 13.9. The van der Waals surface area contributed by atoms with Gasteiger partial charge in [-0.1, -0.05) is 36.4 Å². The van der Waals surface area contributed by atoms with Gasteiger partial charge in [-0.3, -0.25) is 14.5 Å². The van der Waals surface area contributed by atoms with Crippen molar-refractivity contribution < 1.29 is 18.8 Å². The summed E-state index contributed by atoms with van der Waals surface area (Å²) < 4.78 is 13.9. The zero-order valence-corrected chi connectivity index (χ0v) is 16.2. The molecule has 1 atom stereocenters. The molecular weight excluding hydrogens is 373 g/mol. The summed E-state index contributed by atoms with van der Waals surface area (Å²) in [7, 11) is 0. The molecular formula is C22H22FN3O3. The van der Waals surface area contributed by atoms with Crippen molar-refractivity contribution in [2.75, 3.05) is 13.1 Å². The summed E-state index contributed by atoms with van der Waals surface area (Å²) in [6, 6.07) is 13.2. The maximum Gasteiger partial charge on any atom is 0.325 e. The number of hydrogen-bond acceptors (Lipinski definition) is 3. The van der Waals surface area contributed by atoms with Crippen molar-refractivity contribution in [2.45, 2.75) is 31.8 Å². The Labute approximate surface area is 168 Å². The van der Waals surface area contributed by atoms with Crippen LogP contribution in [-0.4, -0.2) is 46.3 Å². The number of hydrogen-bond donors (Lipinski definition) is 1. The van der Waals surface area contributed by atoms with Crippen LogP contribution in [0, 0.1) is 12.7 Å². The number of nitrogens with one attached hydrogen (secondary N) is 1. The molecule has 0 saturated carbocycles. The number of carbonyl (C=O) groups excluding carboxylic acids is 3. The van der Waals surface area contributed by atoms with Crippen molar-refractivity contribution in [1.29, 1.82) is 0 Å². The molecule has 2 aromatic carbocycles. The summed E-state index contributed by atoms with van der Waals surface area (Å²) in [6.45, 7) is 2.35. The number of piperidine rings is 1. The third-order valence-corrected chi connectivity index (χ3v) is 5.63. The van der Waals surface area contributed by atoms with E-state index in [9.17, 15) is 18.8 Å². The summed E-state index contributed by atoms with van der Waals surface area (Å²) >= 11 is 0. The van der Waals surface area contributed by atoms with Crippen molar-refractivity contribution in [3.8, 4) is 0 Å². The van der Waals surface area contributed by atoms with Crippen LogP contribution in [0.4, 0.5) is 9.18 Å². The smallest absolute Gasteiger partial charge is 0.325 e. The molecule has 6 nitrogen and oxygen atoms in total. The van der Waals surface area contributed by atoms with Crippen molar-refractivity contribution >= 4 is 17.8 Å². The number of benzene rings is 2. The summed E-state index contributed by atoms with van der Waals surface area (Å²) in [4.78, 5) is 41.3. The molecule has 2 aromatic rings. The molecule has 2 fully saturated rings.